The van der Waals surface area contributed by atoms with Crippen molar-refractivity contribution in [3.63, 3.8) is 0 Å². The Bertz CT molecular complexity index is 1610. The van der Waals surface area contributed by atoms with Crippen LogP contribution in [0.3, 0.4) is 0 Å². The van der Waals surface area contributed by atoms with Crippen LogP contribution in [-0.4, -0.2) is 55.6 Å². The summed E-state index contributed by atoms with van der Waals surface area (Å²) in [6.45, 7) is 3.58. The fourth-order valence-electron chi connectivity index (χ4n) is 3.82. The van der Waals surface area contributed by atoms with Gasteiger partial charge in [-0.2, -0.15) is 5.10 Å². The maximum Gasteiger partial charge on any atom is 0.270 e. The van der Waals surface area contributed by atoms with Crippen LogP contribution in [0.4, 0.5) is 4.39 Å². The molecule has 3 aromatic heterocycles. The first-order valence-electron chi connectivity index (χ1n) is 12.6. The Morgan fingerprint density at radius 2 is 1.88 bits per heavy atom. The van der Waals surface area contributed by atoms with Crippen LogP contribution in [0.1, 0.15) is 51.5 Å². The van der Waals surface area contributed by atoms with E-state index in [0.717, 1.165) is 27.4 Å². The summed E-state index contributed by atoms with van der Waals surface area (Å²) in [4.78, 5) is 56.3. The van der Waals surface area contributed by atoms with Gasteiger partial charge in [0.1, 0.15) is 23.7 Å². The van der Waals surface area contributed by atoms with E-state index in [1.807, 2.05) is 12.1 Å². The number of nitrogens with zero attached hydrogens (tertiary/aromatic N) is 4. The van der Waals surface area contributed by atoms with Gasteiger partial charge in [-0.3, -0.25) is 24.2 Å². The molecule has 41 heavy (non-hydrogen) atoms. The molecule has 0 aliphatic carbocycles. The van der Waals surface area contributed by atoms with Crippen molar-refractivity contribution >= 4 is 29.0 Å². The van der Waals surface area contributed by atoms with E-state index in [0.29, 0.717) is 12.3 Å². The van der Waals surface area contributed by atoms with Crippen LogP contribution in [0.15, 0.2) is 55.0 Å². The van der Waals surface area contributed by atoms with Gasteiger partial charge in [-0.15, -0.1) is 0 Å². The number of hydrogen-bond acceptors (Lipinski definition) is 9. The van der Waals surface area contributed by atoms with Crippen molar-refractivity contribution in [2.24, 2.45) is 5.73 Å². The number of rotatable bonds is 7. The molecule has 0 fully saturated rings. The highest BCUT2D eigenvalue weighted by molar-refractivity contribution is 5.99. The first-order chi connectivity index (χ1) is 19.7. The molecule has 0 saturated heterocycles. The molecule has 1 atom stereocenters. The molecule has 4 aromatic rings. The summed E-state index contributed by atoms with van der Waals surface area (Å²) in [6, 6.07) is 9.45. The number of carbonyl (C=O) groups is 4. The Morgan fingerprint density at radius 3 is 2.56 bits per heavy atom. The van der Waals surface area contributed by atoms with Gasteiger partial charge in [-0.05, 0) is 49.2 Å². The van der Waals surface area contributed by atoms with E-state index in [1.54, 1.807) is 30.6 Å². The molecular formula is C28H28FN7O5. The molecule has 1 aromatic carbocycles. The minimum Gasteiger partial charge on any atom is -0.486 e. The third kappa shape index (κ3) is 7.13. The second kappa shape index (κ2) is 12.9. The number of benzene rings is 1. The fourth-order valence-corrected chi connectivity index (χ4v) is 3.82. The van der Waals surface area contributed by atoms with Crippen LogP contribution in [0.25, 0.3) is 5.65 Å². The lowest BCUT2D eigenvalue weighted by molar-refractivity contribution is -0.121. The second-order valence-corrected chi connectivity index (χ2v) is 9.25. The van der Waals surface area contributed by atoms with Crippen LogP contribution >= 0.6 is 0 Å². The molecule has 1 aliphatic heterocycles. The van der Waals surface area contributed by atoms with Crippen molar-refractivity contribution in [2.45, 2.75) is 39.4 Å². The van der Waals surface area contributed by atoms with E-state index in [4.69, 9.17) is 10.5 Å². The number of nitrogens with one attached hydrogen (secondary N) is 2. The predicted octanol–water partition coefficient (Wildman–Crippen LogP) is 1.55. The van der Waals surface area contributed by atoms with Crippen LogP contribution in [0.5, 0.6) is 5.75 Å². The number of ketones is 2. The maximum atomic E-state index is 14.2. The Hall–Kier alpha value is -5.04. The van der Waals surface area contributed by atoms with Crippen LogP contribution in [-0.2, 0) is 29.1 Å². The highest BCUT2D eigenvalue weighted by Gasteiger charge is 2.22. The monoisotopic (exact) mass is 561 g/mol. The molecule has 2 amide bonds. The molecule has 1 aliphatic rings. The van der Waals surface area contributed by atoms with Gasteiger partial charge < -0.3 is 21.1 Å². The second-order valence-electron chi connectivity index (χ2n) is 9.25. The summed E-state index contributed by atoms with van der Waals surface area (Å²) in [5.41, 5.74) is 7.27. The smallest absolute Gasteiger partial charge is 0.270 e. The quantitative estimate of drug-likeness (QED) is 0.303. The Morgan fingerprint density at radius 1 is 1.12 bits per heavy atom. The molecular weight excluding hydrogens is 533 g/mol. The third-order valence-electron chi connectivity index (χ3n) is 6.19. The van der Waals surface area contributed by atoms with E-state index in [9.17, 15) is 23.6 Å². The number of fused-ring (bicyclic) bond motifs is 2. The Labute approximate surface area is 234 Å². The van der Waals surface area contributed by atoms with Crippen molar-refractivity contribution in [3.05, 3.63) is 88.9 Å². The number of halogens is 1. The van der Waals surface area contributed by atoms with Crippen LogP contribution in [0.2, 0.25) is 0 Å². The molecule has 13 heteroatoms. The molecule has 0 spiro atoms. The topological polar surface area (TPSA) is 171 Å². The van der Waals surface area contributed by atoms with Gasteiger partial charge >= 0.3 is 0 Å². The number of ether oxygens (including phenoxy) is 1. The molecule has 12 nitrogen and oxygen atoms in total. The first kappa shape index (κ1) is 29.0. The Kier molecular flexibility index (Phi) is 9.09. The minimum absolute atomic E-state index is 0.0334. The number of aromatic nitrogens is 4. The van der Waals surface area contributed by atoms with Crippen molar-refractivity contribution in [3.8, 4) is 5.75 Å². The zero-order valence-corrected chi connectivity index (χ0v) is 22.4. The van der Waals surface area contributed by atoms with E-state index in [-0.39, 0.29) is 48.2 Å². The van der Waals surface area contributed by atoms with Crippen molar-refractivity contribution in [1.29, 1.82) is 0 Å². The molecule has 0 unspecified atom stereocenters. The molecule has 4 heterocycles. The average Bonchev–Trinajstić information content (AvgIpc) is 3.36. The summed E-state index contributed by atoms with van der Waals surface area (Å²) in [6.07, 6.45) is 4.61. The minimum atomic E-state index is -0.808. The van der Waals surface area contributed by atoms with Crippen molar-refractivity contribution < 1.29 is 28.3 Å². The SMILES string of the molecule is CC(=O)[C@H](C)NC(=O)c1cc(C(=O)NCc2ccc3c(c2)CC(=O)CO3)nc2c(F)cnn12.NCc1ccncc1. The summed E-state index contributed by atoms with van der Waals surface area (Å²) in [5.74, 6) is -1.83. The zero-order chi connectivity index (χ0) is 29.5. The van der Waals surface area contributed by atoms with Crippen LogP contribution < -0.4 is 21.1 Å². The van der Waals surface area contributed by atoms with E-state index < -0.39 is 23.7 Å². The molecule has 4 N–H and O–H groups in total. The molecule has 0 bridgehead atoms. The lowest BCUT2D eigenvalue weighted by atomic mass is 10.0. The van der Waals surface area contributed by atoms with Gasteiger partial charge in [0.25, 0.3) is 11.8 Å². The molecule has 212 valence electrons. The lowest BCUT2D eigenvalue weighted by Gasteiger charge is -2.17. The number of hydrogen-bond donors (Lipinski definition) is 3. The number of carbonyl (C=O) groups excluding carboxylic acids is 4. The highest BCUT2D eigenvalue weighted by Crippen LogP contribution is 2.24. The maximum absolute atomic E-state index is 14.2. The van der Waals surface area contributed by atoms with Gasteiger partial charge in [0.2, 0.25) is 0 Å². The van der Waals surface area contributed by atoms with E-state index in [1.165, 1.54) is 19.9 Å². The number of amides is 2. The van der Waals surface area contributed by atoms with Crippen LogP contribution in [0, 0.1) is 5.82 Å². The van der Waals surface area contributed by atoms with Gasteiger partial charge in [0, 0.05) is 43.5 Å². The lowest BCUT2D eigenvalue weighted by Crippen LogP contribution is -2.38. The summed E-state index contributed by atoms with van der Waals surface area (Å²) < 4.78 is 20.5. The number of Topliss-reactive ketones (excluding diaryl/α,β-unsaturated/α-hetero) is 2. The van der Waals surface area contributed by atoms with Gasteiger partial charge in [0.05, 0.1) is 12.2 Å². The normalized spacial score (nSPS) is 12.8. The molecule has 0 saturated carbocycles. The highest BCUT2D eigenvalue weighted by atomic mass is 19.1. The van der Waals surface area contributed by atoms with E-state index >= 15 is 0 Å². The average molecular weight is 562 g/mol. The largest absolute Gasteiger partial charge is 0.486 e. The fraction of sp³-hybridized carbons (Fsp3) is 0.250. The first-order valence-corrected chi connectivity index (χ1v) is 12.6. The molecule has 0 radical (unpaired) electrons. The summed E-state index contributed by atoms with van der Waals surface area (Å²) >= 11 is 0. The number of pyridine rings is 1. The zero-order valence-electron chi connectivity index (χ0n) is 22.4. The van der Waals surface area contributed by atoms with Gasteiger partial charge in [-0.25, -0.2) is 13.9 Å². The van der Waals surface area contributed by atoms with Gasteiger partial charge in [-0.1, -0.05) is 6.07 Å². The number of nitrogens with two attached hydrogens (primary N) is 1. The van der Waals surface area contributed by atoms with E-state index in [2.05, 4.69) is 25.7 Å². The summed E-state index contributed by atoms with van der Waals surface area (Å²) in [5, 5.41) is 8.95. The molecule has 5 rings (SSSR count). The Balaban J connectivity index is 0.000000417. The standard InChI is InChI=1S/C22H20FN5O5.C6H8N2/c1-11(12(2)29)26-22(32)18-7-17(27-20-16(23)9-25-28(18)20)21(31)24-8-13-3-4-19-14(5-13)6-15(30)10-33-19;7-5-6-1-3-8-4-2-6/h3-5,7,9,11H,6,8,10H2,1-2H3,(H,24,31)(H,26,32);1-4H,5,7H2/t11-;/m0./s1. The van der Waals surface area contributed by atoms with Gasteiger partial charge in [0.15, 0.2) is 23.0 Å². The van der Waals surface area contributed by atoms with Crippen molar-refractivity contribution in [2.75, 3.05) is 6.61 Å². The third-order valence-corrected chi connectivity index (χ3v) is 6.19. The predicted molar refractivity (Wildman–Crippen MR) is 145 cm³/mol. The summed E-state index contributed by atoms with van der Waals surface area (Å²) in [7, 11) is 0. The van der Waals surface area contributed by atoms with Crippen molar-refractivity contribution in [1.82, 2.24) is 30.2 Å².